The summed E-state index contributed by atoms with van der Waals surface area (Å²) in [6.45, 7) is 4.98. The molecule has 0 N–H and O–H groups in total. The first-order valence-electron chi connectivity index (χ1n) is 10.8. The van der Waals surface area contributed by atoms with E-state index in [9.17, 15) is 4.39 Å². The molecular weight excluding hydrogens is 443 g/mol. The van der Waals surface area contributed by atoms with Crippen LogP contribution in [-0.2, 0) is 13.1 Å². The van der Waals surface area contributed by atoms with Crippen LogP contribution in [0.2, 0.25) is 0 Å². The zero-order valence-corrected chi connectivity index (χ0v) is 18.9. The highest BCUT2D eigenvalue weighted by Gasteiger charge is 2.30. The SMILES string of the molecule is Cl.Fc1ccc(C(c2nnnn2Cc2ccco2)N2CCN(Cc3ccccc3)CC2)cc1. The van der Waals surface area contributed by atoms with Gasteiger partial charge in [0.2, 0.25) is 0 Å². The lowest BCUT2D eigenvalue weighted by Gasteiger charge is -2.39. The fourth-order valence-corrected chi connectivity index (χ4v) is 4.26. The largest absolute Gasteiger partial charge is 0.467 e. The molecular formula is C24H26ClFN6O. The van der Waals surface area contributed by atoms with Crippen molar-refractivity contribution in [3.8, 4) is 0 Å². The molecule has 7 nitrogen and oxygen atoms in total. The number of piperazine rings is 1. The van der Waals surface area contributed by atoms with Crippen molar-refractivity contribution in [1.29, 1.82) is 0 Å². The molecule has 0 bridgehead atoms. The summed E-state index contributed by atoms with van der Waals surface area (Å²) in [7, 11) is 0. The van der Waals surface area contributed by atoms with E-state index in [1.54, 1.807) is 10.9 Å². The summed E-state index contributed by atoms with van der Waals surface area (Å²) in [6.07, 6.45) is 1.64. The van der Waals surface area contributed by atoms with Gasteiger partial charge in [-0.15, -0.1) is 17.5 Å². The fraction of sp³-hybridized carbons (Fsp3) is 0.292. The zero-order valence-electron chi connectivity index (χ0n) is 18.1. The second kappa shape index (κ2) is 10.7. The average Bonchev–Trinajstić information content (AvgIpc) is 3.50. The molecule has 9 heteroatoms. The van der Waals surface area contributed by atoms with Crippen LogP contribution in [0.15, 0.2) is 77.4 Å². The van der Waals surface area contributed by atoms with Crippen molar-refractivity contribution >= 4 is 12.4 Å². The van der Waals surface area contributed by atoms with Crippen molar-refractivity contribution in [1.82, 2.24) is 30.0 Å². The van der Waals surface area contributed by atoms with Crippen molar-refractivity contribution in [2.45, 2.75) is 19.1 Å². The lowest BCUT2D eigenvalue weighted by molar-refractivity contribution is 0.100. The molecule has 0 aliphatic carbocycles. The van der Waals surface area contributed by atoms with Gasteiger partial charge in [-0.2, -0.15) is 0 Å². The Morgan fingerprint density at radius 2 is 1.64 bits per heavy atom. The molecule has 1 atom stereocenters. The smallest absolute Gasteiger partial charge is 0.173 e. The quantitative estimate of drug-likeness (QED) is 0.411. The summed E-state index contributed by atoms with van der Waals surface area (Å²) in [4.78, 5) is 4.83. The maximum absolute atomic E-state index is 13.6. The van der Waals surface area contributed by atoms with Gasteiger partial charge >= 0.3 is 0 Å². The van der Waals surface area contributed by atoms with E-state index in [-0.39, 0.29) is 24.3 Å². The molecule has 2 aromatic carbocycles. The number of nitrogens with zero attached hydrogens (tertiary/aromatic N) is 6. The van der Waals surface area contributed by atoms with Crippen LogP contribution in [0.5, 0.6) is 0 Å². The number of furan rings is 1. The summed E-state index contributed by atoms with van der Waals surface area (Å²) in [5.41, 5.74) is 2.29. The first-order chi connectivity index (χ1) is 15.8. The van der Waals surface area contributed by atoms with Crippen LogP contribution < -0.4 is 0 Å². The number of halogens is 2. The Bertz CT molecular complexity index is 1110. The Balaban J connectivity index is 0.00000259. The Hall–Kier alpha value is -3.07. The van der Waals surface area contributed by atoms with E-state index < -0.39 is 0 Å². The Kier molecular flexibility index (Phi) is 7.49. The third-order valence-corrected chi connectivity index (χ3v) is 5.90. The van der Waals surface area contributed by atoms with E-state index in [1.807, 2.05) is 30.3 Å². The molecule has 3 heterocycles. The Labute approximate surface area is 198 Å². The van der Waals surface area contributed by atoms with Crippen molar-refractivity contribution in [3.63, 3.8) is 0 Å². The van der Waals surface area contributed by atoms with E-state index in [4.69, 9.17) is 4.42 Å². The summed E-state index contributed by atoms with van der Waals surface area (Å²) in [5, 5.41) is 12.5. The average molecular weight is 469 g/mol. The molecule has 1 saturated heterocycles. The highest BCUT2D eigenvalue weighted by molar-refractivity contribution is 5.85. The molecule has 0 saturated carbocycles. The minimum atomic E-state index is -0.254. The Morgan fingerprint density at radius 3 is 2.33 bits per heavy atom. The molecule has 0 radical (unpaired) electrons. The van der Waals surface area contributed by atoms with E-state index in [1.165, 1.54) is 17.7 Å². The van der Waals surface area contributed by atoms with Crippen LogP contribution >= 0.6 is 12.4 Å². The van der Waals surface area contributed by atoms with Gasteiger partial charge < -0.3 is 4.42 Å². The van der Waals surface area contributed by atoms with Gasteiger partial charge in [0.25, 0.3) is 0 Å². The lowest BCUT2D eigenvalue weighted by Crippen LogP contribution is -2.48. The third-order valence-electron chi connectivity index (χ3n) is 5.90. The van der Waals surface area contributed by atoms with Gasteiger partial charge in [-0.25, -0.2) is 9.07 Å². The molecule has 1 aliphatic rings. The van der Waals surface area contributed by atoms with Gasteiger partial charge in [-0.05, 0) is 45.8 Å². The van der Waals surface area contributed by atoms with Crippen LogP contribution in [-0.4, -0.2) is 56.2 Å². The zero-order chi connectivity index (χ0) is 21.8. The first-order valence-corrected chi connectivity index (χ1v) is 10.8. The molecule has 1 fully saturated rings. The number of rotatable bonds is 7. The van der Waals surface area contributed by atoms with Crippen molar-refractivity contribution in [3.05, 3.63) is 102 Å². The van der Waals surface area contributed by atoms with E-state index >= 15 is 0 Å². The van der Waals surface area contributed by atoms with Gasteiger partial charge in [0.15, 0.2) is 5.82 Å². The molecule has 5 rings (SSSR count). The minimum absolute atomic E-state index is 0. The number of benzene rings is 2. The van der Waals surface area contributed by atoms with Gasteiger partial charge in [0.05, 0.1) is 12.3 Å². The molecule has 1 aliphatic heterocycles. The monoisotopic (exact) mass is 468 g/mol. The first kappa shape index (κ1) is 23.1. The molecule has 1 unspecified atom stereocenters. The topological polar surface area (TPSA) is 63.2 Å². The maximum Gasteiger partial charge on any atom is 0.173 e. The highest BCUT2D eigenvalue weighted by Crippen LogP contribution is 2.29. The summed E-state index contributed by atoms with van der Waals surface area (Å²) in [6, 6.07) is 20.7. The van der Waals surface area contributed by atoms with Gasteiger partial charge in [-0.1, -0.05) is 42.5 Å². The van der Waals surface area contributed by atoms with Crippen LogP contribution in [0.25, 0.3) is 0 Å². The molecule has 2 aromatic heterocycles. The number of tetrazole rings is 1. The minimum Gasteiger partial charge on any atom is -0.467 e. The molecule has 0 spiro atoms. The summed E-state index contributed by atoms with van der Waals surface area (Å²) < 4.78 is 20.9. The fourth-order valence-electron chi connectivity index (χ4n) is 4.26. The van der Waals surface area contributed by atoms with Crippen LogP contribution in [0.3, 0.4) is 0 Å². The van der Waals surface area contributed by atoms with Crippen LogP contribution in [0.1, 0.15) is 28.8 Å². The molecule has 4 aromatic rings. The molecule has 172 valence electrons. The van der Waals surface area contributed by atoms with Gasteiger partial charge in [0.1, 0.15) is 18.1 Å². The predicted octanol–water partition coefficient (Wildman–Crippen LogP) is 3.78. The van der Waals surface area contributed by atoms with E-state index in [2.05, 4.69) is 49.6 Å². The number of hydrogen-bond acceptors (Lipinski definition) is 6. The van der Waals surface area contributed by atoms with E-state index in [0.29, 0.717) is 6.54 Å². The van der Waals surface area contributed by atoms with Gasteiger partial charge in [0, 0.05) is 32.7 Å². The Morgan fingerprint density at radius 1 is 0.879 bits per heavy atom. The molecule has 0 amide bonds. The van der Waals surface area contributed by atoms with Crippen LogP contribution in [0, 0.1) is 5.82 Å². The maximum atomic E-state index is 13.6. The van der Waals surface area contributed by atoms with Crippen LogP contribution in [0.4, 0.5) is 4.39 Å². The lowest BCUT2D eigenvalue weighted by atomic mass is 10.0. The van der Waals surface area contributed by atoms with Crippen molar-refractivity contribution in [2.24, 2.45) is 0 Å². The standard InChI is InChI=1S/C24H25FN6O.ClH/c25-21-10-8-20(9-11-21)23(24-26-27-28-31(24)18-22-7-4-16-32-22)30-14-12-29(13-15-30)17-19-5-2-1-3-6-19;/h1-11,16,23H,12-15,17-18H2;1H. The number of aromatic nitrogens is 4. The van der Waals surface area contributed by atoms with Crippen molar-refractivity contribution < 1.29 is 8.81 Å². The number of hydrogen-bond donors (Lipinski definition) is 0. The van der Waals surface area contributed by atoms with Gasteiger partial charge in [-0.3, -0.25) is 9.80 Å². The summed E-state index contributed by atoms with van der Waals surface area (Å²) in [5.74, 6) is 1.25. The van der Waals surface area contributed by atoms with Crippen molar-refractivity contribution in [2.75, 3.05) is 26.2 Å². The second-order valence-electron chi connectivity index (χ2n) is 8.03. The molecule has 33 heavy (non-hydrogen) atoms. The summed E-state index contributed by atoms with van der Waals surface area (Å²) >= 11 is 0. The predicted molar refractivity (Wildman–Crippen MR) is 124 cm³/mol. The second-order valence-corrected chi connectivity index (χ2v) is 8.03. The van der Waals surface area contributed by atoms with E-state index in [0.717, 1.165) is 49.9 Å². The normalized spacial score (nSPS) is 15.8. The third kappa shape index (κ3) is 5.47. The highest BCUT2D eigenvalue weighted by atomic mass is 35.5.